The Morgan fingerprint density at radius 1 is 1.38 bits per heavy atom. The molecule has 1 unspecified atom stereocenters. The third kappa shape index (κ3) is 4.06. The van der Waals surface area contributed by atoms with E-state index >= 15 is 0 Å². The molecular weight excluding hydrogens is 264 g/mol. The number of aryl methyl sites for hydroxylation is 1. The molecule has 1 aromatic carbocycles. The lowest BCUT2D eigenvalue weighted by molar-refractivity contribution is 0.285. The van der Waals surface area contributed by atoms with Gasteiger partial charge in [-0.1, -0.05) is 18.2 Å². The highest BCUT2D eigenvalue weighted by Gasteiger charge is 2.16. The van der Waals surface area contributed by atoms with Crippen LogP contribution in [0, 0.1) is 0 Å². The Labute approximate surface area is 126 Å². The van der Waals surface area contributed by atoms with Crippen LogP contribution >= 0.6 is 0 Å². The minimum atomic E-state index is 0.225. The summed E-state index contributed by atoms with van der Waals surface area (Å²) in [5, 5.41) is 7.58. The van der Waals surface area contributed by atoms with Crippen molar-refractivity contribution in [3.8, 4) is 5.75 Å². The lowest BCUT2D eigenvalue weighted by Gasteiger charge is -2.25. The molecule has 2 aromatic rings. The summed E-state index contributed by atoms with van der Waals surface area (Å²) >= 11 is 0. The highest BCUT2D eigenvalue weighted by Crippen LogP contribution is 2.25. The topological polar surface area (TPSA) is 42.3 Å². The van der Waals surface area contributed by atoms with Gasteiger partial charge in [0.15, 0.2) is 0 Å². The van der Waals surface area contributed by atoms with Gasteiger partial charge in [0.05, 0.1) is 13.3 Å². The average Bonchev–Trinajstić information content (AvgIpc) is 2.89. The van der Waals surface area contributed by atoms with Gasteiger partial charge in [-0.2, -0.15) is 5.10 Å². The second-order valence-corrected chi connectivity index (χ2v) is 5.30. The lowest BCUT2D eigenvalue weighted by Crippen LogP contribution is -2.31. The minimum absolute atomic E-state index is 0.225. The minimum Gasteiger partial charge on any atom is -0.496 e. The largest absolute Gasteiger partial charge is 0.496 e. The van der Waals surface area contributed by atoms with E-state index in [4.69, 9.17) is 4.74 Å². The quantitative estimate of drug-likeness (QED) is 0.844. The summed E-state index contributed by atoms with van der Waals surface area (Å²) in [6.07, 6.45) is 3.96. The predicted octanol–water partition coefficient (Wildman–Crippen LogP) is 1.82. The summed E-state index contributed by atoms with van der Waals surface area (Å²) in [7, 11) is 7.75. The van der Waals surface area contributed by atoms with Gasteiger partial charge in [0.1, 0.15) is 5.75 Å². The SMILES string of the molecule is CNC(CN(C)Cc1cnn(C)c1)c1ccccc1OC. The van der Waals surface area contributed by atoms with E-state index < -0.39 is 0 Å². The standard InChI is InChI=1S/C16H24N4O/c1-17-15(14-7-5-6-8-16(14)21-4)12-19(2)10-13-9-18-20(3)11-13/h5-9,11,15,17H,10,12H2,1-4H3. The van der Waals surface area contributed by atoms with Crippen LogP contribution in [0.5, 0.6) is 5.75 Å². The molecule has 0 aliphatic carbocycles. The van der Waals surface area contributed by atoms with Crippen LogP contribution in [-0.4, -0.2) is 42.4 Å². The summed E-state index contributed by atoms with van der Waals surface area (Å²) in [6, 6.07) is 8.37. The first kappa shape index (κ1) is 15.5. The zero-order valence-corrected chi connectivity index (χ0v) is 13.2. The van der Waals surface area contributed by atoms with E-state index in [-0.39, 0.29) is 6.04 Å². The molecule has 5 nitrogen and oxygen atoms in total. The van der Waals surface area contributed by atoms with E-state index in [1.165, 1.54) is 11.1 Å². The Hall–Kier alpha value is -1.85. The van der Waals surface area contributed by atoms with Crippen molar-refractivity contribution in [3.63, 3.8) is 0 Å². The molecule has 1 atom stereocenters. The zero-order chi connectivity index (χ0) is 15.2. The van der Waals surface area contributed by atoms with Crippen LogP contribution in [0.25, 0.3) is 0 Å². The molecule has 1 N–H and O–H groups in total. The van der Waals surface area contributed by atoms with Gasteiger partial charge in [-0.15, -0.1) is 0 Å². The van der Waals surface area contributed by atoms with Crippen molar-refractivity contribution in [1.29, 1.82) is 0 Å². The summed E-state index contributed by atoms with van der Waals surface area (Å²) in [5.74, 6) is 0.923. The van der Waals surface area contributed by atoms with Crippen molar-refractivity contribution < 1.29 is 4.74 Å². The van der Waals surface area contributed by atoms with E-state index in [9.17, 15) is 0 Å². The molecule has 5 heteroatoms. The average molecular weight is 288 g/mol. The molecule has 0 amide bonds. The number of ether oxygens (including phenoxy) is 1. The van der Waals surface area contributed by atoms with Crippen molar-refractivity contribution in [2.75, 3.05) is 27.7 Å². The molecule has 0 saturated heterocycles. The molecule has 0 bridgehead atoms. The second kappa shape index (κ2) is 7.24. The maximum atomic E-state index is 5.46. The highest BCUT2D eigenvalue weighted by atomic mass is 16.5. The van der Waals surface area contributed by atoms with Crippen molar-refractivity contribution in [2.45, 2.75) is 12.6 Å². The summed E-state index contributed by atoms with van der Waals surface area (Å²) in [5.41, 5.74) is 2.40. The molecule has 2 rings (SSSR count). The van der Waals surface area contributed by atoms with Crippen LogP contribution in [0.15, 0.2) is 36.7 Å². The normalized spacial score (nSPS) is 12.6. The van der Waals surface area contributed by atoms with Gasteiger partial charge < -0.3 is 15.0 Å². The van der Waals surface area contributed by atoms with E-state index in [1.54, 1.807) is 7.11 Å². The van der Waals surface area contributed by atoms with E-state index in [2.05, 4.69) is 28.4 Å². The van der Waals surface area contributed by atoms with Crippen LogP contribution < -0.4 is 10.1 Å². The Morgan fingerprint density at radius 2 is 2.14 bits per heavy atom. The number of methoxy groups -OCH3 is 1. The molecule has 0 spiro atoms. The molecule has 0 radical (unpaired) electrons. The molecule has 0 saturated carbocycles. The highest BCUT2D eigenvalue weighted by molar-refractivity contribution is 5.36. The van der Waals surface area contributed by atoms with Gasteiger partial charge >= 0.3 is 0 Å². The third-order valence-corrected chi connectivity index (χ3v) is 3.57. The number of para-hydroxylation sites is 1. The van der Waals surface area contributed by atoms with Crippen LogP contribution in [0.3, 0.4) is 0 Å². The van der Waals surface area contributed by atoms with Crippen LogP contribution in [0.2, 0.25) is 0 Å². The van der Waals surface area contributed by atoms with Crippen molar-refractivity contribution in [2.24, 2.45) is 7.05 Å². The zero-order valence-electron chi connectivity index (χ0n) is 13.2. The number of hydrogen-bond acceptors (Lipinski definition) is 4. The number of hydrogen-bond donors (Lipinski definition) is 1. The number of aromatic nitrogens is 2. The fourth-order valence-electron chi connectivity index (χ4n) is 2.54. The van der Waals surface area contributed by atoms with Gasteiger partial charge in [0.2, 0.25) is 0 Å². The first-order chi connectivity index (χ1) is 10.1. The molecule has 21 heavy (non-hydrogen) atoms. The smallest absolute Gasteiger partial charge is 0.123 e. The van der Waals surface area contributed by atoms with Crippen molar-refractivity contribution >= 4 is 0 Å². The van der Waals surface area contributed by atoms with Crippen LogP contribution in [0.1, 0.15) is 17.2 Å². The number of benzene rings is 1. The molecule has 114 valence electrons. The molecule has 0 aliphatic heterocycles. The first-order valence-electron chi connectivity index (χ1n) is 7.10. The molecule has 0 fully saturated rings. The second-order valence-electron chi connectivity index (χ2n) is 5.30. The van der Waals surface area contributed by atoms with Crippen molar-refractivity contribution in [1.82, 2.24) is 20.0 Å². The third-order valence-electron chi connectivity index (χ3n) is 3.57. The Balaban J connectivity index is 2.04. The number of rotatable bonds is 7. The lowest BCUT2D eigenvalue weighted by atomic mass is 10.1. The Kier molecular flexibility index (Phi) is 5.36. The number of nitrogens with one attached hydrogen (secondary N) is 1. The van der Waals surface area contributed by atoms with Gasteiger partial charge in [-0.25, -0.2) is 0 Å². The van der Waals surface area contributed by atoms with Gasteiger partial charge in [-0.05, 0) is 20.2 Å². The van der Waals surface area contributed by atoms with Crippen LogP contribution in [0.4, 0.5) is 0 Å². The maximum absolute atomic E-state index is 5.46. The number of likely N-dealkylation sites (N-methyl/N-ethyl adjacent to an activating group) is 2. The van der Waals surface area contributed by atoms with E-state index in [0.717, 1.165) is 18.8 Å². The van der Waals surface area contributed by atoms with Crippen LogP contribution in [-0.2, 0) is 13.6 Å². The molecular formula is C16H24N4O. The van der Waals surface area contributed by atoms with Crippen molar-refractivity contribution in [3.05, 3.63) is 47.8 Å². The fourth-order valence-corrected chi connectivity index (χ4v) is 2.54. The maximum Gasteiger partial charge on any atom is 0.123 e. The summed E-state index contributed by atoms with van der Waals surface area (Å²) < 4.78 is 7.29. The molecule has 1 aromatic heterocycles. The molecule has 1 heterocycles. The predicted molar refractivity (Wildman–Crippen MR) is 84.3 cm³/mol. The molecule has 0 aliphatic rings. The Morgan fingerprint density at radius 3 is 2.76 bits per heavy atom. The van der Waals surface area contributed by atoms with Gasteiger partial charge in [0.25, 0.3) is 0 Å². The monoisotopic (exact) mass is 288 g/mol. The first-order valence-corrected chi connectivity index (χ1v) is 7.10. The summed E-state index contributed by atoms with van der Waals surface area (Å²) in [4.78, 5) is 2.28. The van der Waals surface area contributed by atoms with E-state index in [1.807, 2.05) is 49.4 Å². The van der Waals surface area contributed by atoms with Gasteiger partial charge in [0, 0.05) is 43.5 Å². The number of nitrogens with zero attached hydrogens (tertiary/aromatic N) is 3. The fraction of sp³-hybridized carbons (Fsp3) is 0.438. The Bertz CT molecular complexity index is 567. The van der Waals surface area contributed by atoms with Gasteiger partial charge in [-0.3, -0.25) is 4.68 Å². The van der Waals surface area contributed by atoms with E-state index in [0.29, 0.717) is 0 Å². The summed E-state index contributed by atoms with van der Waals surface area (Å²) in [6.45, 7) is 1.77.